The van der Waals surface area contributed by atoms with Crippen molar-refractivity contribution in [2.75, 3.05) is 18.0 Å². The molecule has 0 saturated carbocycles. The summed E-state index contributed by atoms with van der Waals surface area (Å²) in [5.74, 6) is -0.0610. The minimum absolute atomic E-state index is 0.0160. The normalized spacial score (nSPS) is 16.8. The van der Waals surface area contributed by atoms with Gasteiger partial charge in [0.25, 0.3) is 0 Å². The van der Waals surface area contributed by atoms with Crippen LogP contribution in [0.25, 0.3) is 0 Å². The number of carboxylic acids is 1. The number of hydrogen-bond acceptors (Lipinski definition) is 4. The molecule has 2 rings (SSSR count). The molecule has 0 aromatic heterocycles. The van der Waals surface area contributed by atoms with Gasteiger partial charge in [-0.2, -0.15) is 0 Å². The van der Waals surface area contributed by atoms with Crippen molar-refractivity contribution < 1.29 is 19.4 Å². The molecule has 0 saturated heterocycles. The van der Waals surface area contributed by atoms with Crippen LogP contribution in [0.4, 0.5) is 5.69 Å². The van der Waals surface area contributed by atoms with Crippen LogP contribution in [-0.2, 0) is 4.79 Å². The first-order chi connectivity index (χ1) is 10.5. The SMILES string of the molecule is CCC1CN(CC)c2cc(C(=O)CCCC(=O)O)ccc2O1. The number of carbonyl (C=O) groups is 2. The van der Waals surface area contributed by atoms with Crippen molar-refractivity contribution >= 4 is 17.4 Å². The van der Waals surface area contributed by atoms with Crippen LogP contribution in [0.15, 0.2) is 18.2 Å². The molecule has 1 heterocycles. The third kappa shape index (κ3) is 3.78. The first-order valence-electron chi connectivity index (χ1n) is 7.85. The van der Waals surface area contributed by atoms with Gasteiger partial charge in [-0.15, -0.1) is 0 Å². The van der Waals surface area contributed by atoms with Crippen LogP contribution in [0.3, 0.4) is 0 Å². The van der Waals surface area contributed by atoms with Gasteiger partial charge >= 0.3 is 5.97 Å². The fourth-order valence-electron chi connectivity index (χ4n) is 2.65. The summed E-state index contributed by atoms with van der Waals surface area (Å²) in [5, 5.41) is 8.64. The predicted octanol–water partition coefficient (Wildman–Crippen LogP) is 3.12. The Morgan fingerprint density at radius 2 is 2.09 bits per heavy atom. The molecular formula is C17H23NO4. The highest BCUT2D eigenvalue weighted by Crippen LogP contribution is 2.35. The summed E-state index contributed by atoms with van der Waals surface area (Å²) in [5.41, 5.74) is 1.58. The topological polar surface area (TPSA) is 66.8 Å². The van der Waals surface area contributed by atoms with Crippen LogP contribution in [-0.4, -0.2) is 36.1 Å². The second-order valence-corrected chi connectivity index (χ2v) is 5.54. The van der Waals surface area contributed by atoms with Crippen molar-refractivity contribution in [2.45, 2.75) is 45.6 Å². The molecule has 1 aromatic carbocycles. The molecule has 1 aliphatic rings. The summed E-state index contributed by atoms with van der Waals surface area (Å²) in [7, 11) is 0. The van der Waals surface area contributed by atoms with Gasteiger partial charge in [-0.05, 0) is 38.0 Å². The van der Waals surface area contributed by atoms with E-state index in [1.807, 2.05) is 12.1 Å². The van der Waals surface area contributed by atoms with Gasteiger partial charge in [0.15, 0.2) is 5.78 Å². The number of fused-ring (bicyclic) bond motifs is 1. The van der Waals surface area contributed by atoms with Crippen molar-refractivity contribution in [2.24, 2.45) is 0 Å². The lowest BCUT2D eigenvalue weighted by molar-refractivity contribution is -0.137. The third-order valence-corrected chi connectivity index (χ3v) is 3.97. The molecule has 0 fully saturated rings. The lowest BCUT2D eigenvalue weighted by Gasteiger charge is -2.35. The third-order valence-electron chi connectivity index (χ3n) is 3.97. The van der Waals surface area contributed by atoms with Crippen LogP contribution in [0.5, 0.6) is 5.75 Å². The Labute approximate surface area is 130 Å². The number of benzene rings is 1. The van der Waals surface area contributed by atoms with Crippen molar-refractivity contribution in [3.8, 4) is 5.75 Å². The highest BCUT2D eigenvalue weighted by molar-refractivity contribution is 5.97. The first-order valence-corrected chi connectivity index (χ1v) is 7.85. The number of likely N-dealkylation sites (N-methyl/N-ethyl adjacent to an activating group) is 1. The van der Waals surface area contributed by atoms with Crippen LogP contribution in [0, 0.1) is 0 Å². The smallest absolute Gasteiger partial charge is 0.303 e. The Morgan fingerprint density at radius 3 is 2.73 bits per heavy atom. The zero-order valence-corrected chi connectivity index (χ0v) is 13.2. The number of anilines is 1. The van der Waals surface area contributed by atoms with Crippen molar-refractivity contribution in [1.82, 2.24) is 0 Å². The van der Waals surface area contributed by atoms with Gasteiger partial charge in [0.1, 0.15) is 11.9 Å². The maximum Gasteiger partial charge on any atom is 0.303 e. The second-order valence-electron chi connectivity index (χ2n) is 5.54. The Bertz CT molecular complexity index is 556. The molecule has 0 spiro atoms. The molecule has 0 aliphatic carbocycles. The van der Waals surface area contributed by atoms with Crippen molar-refractivity contribution in [3.05, 3.63) is 23.8 Å². The standard InChI is InChI=1S/C17H23NO4/c1-3-13-11-18(4-2)14-10-12(8-9-16(14)22-13)15(19)6-5-7-17(20)21/h8-10,13H,3-7,11H2,1-2H3,(H,20,21). The number of hydrogen-bond donors (Lipinski definition) is 1. The average Bonchev–Trinajstić information content (AvgIpc) is 2.52. The Morgan fingerprint density at radius 1 is 1.32 bits per heavy atom. The van der Waals surface area contributed by atoms with Crippen LogP contribution >= 0.6 is 0 Å². The van der Waals surface area contributed by atoms with E-state index >= 15 is 0 Å². The number of carboxylic acid groups (broad SMARTS) is 1. The quantitative estimate of drug-likeness (QED) is 0.784. The lowest BCUT2D eigenvalue weighted by atomic mass is 10.0. The van der Waals surface area contributed by atoms with E-state index in [1.165, 1.54) is 0 Å². The van der Waals surface area contributed by atoms with E-state index in [2.05, 4.69) is 18.7 Å². The maximum absolute atomic E-state index is 12.2. The Kier molecular flexibility index (Phi) is 5.41. The van der Waals surface area contributed by atoms with Crippen LogP contribution in [0.2, 0.25) is 0 Å². The molecule has 5 nitrogen and oxygen atoms in total. The Hall–Kier alpha value is -2.04. The zero-order valence-electron chi connectivity index (χ0n) is 13.2. The molecule has 22 heavy (non-hydrogen) atoms. The van der Waals surface area contributed by atoms with Gasteiger partial charge in [0.2, 0.25) is 0 Å². The van der Waals surface area contributed by atoms with E-state index < -0.39 is 5.97 Å². The van der Waals surface area contributed by atoms with Crippen LogP contribution in [0.1, 0.15) is 49.9 Å². The van der Waals surface area contributed by atoms with Gasteiger partial charge in [0, 0.05) is 24.9 Å². The number of ether oxygens (including phenoxy) is 1. The summed E-state index contributed by atoms with van der Waals surface area (Å²) < 4.78 is 5.93. The fraction of sp³-hybridized carbons (Fsp3) is 0.529. The number of nitrogens with zero attached hydrogens (tertiary/aromatic N) is 1. The molecule has 0 radical (unpaired) electrons. The van der Waals surface area contributed by atoms with Crippen molar-refractivity contribution in [3.63, 3.8) is 0 Å². The number of rotatable bonds is 7. The fourth-order valence-corrected chi connectivity index (χ4v) is 2.65. The molecule has 1 atom stereocenters. The highest BCUT2D eigenvalue weighted by atomic mass is 16.5. The molecule has 0 amide bonds. The monoisotopic (exact) mass is 305 g/mol. The van der Waals surface area contributed by atoms with E-state index in [-0.39, 0.29) is 24.7 Å². The van der Waals surface area contributed by atoms with Gasteiger partial charge in [0.05, 0.1) is 12.2 Å². The number of ketones is 1. The molecule has 1 aliphatic heterocycles. The lowest BCUT2D eigenvalue weighted by Crippen LogP contribution is -2.39. The van der Waals surface area contributed by atoms with Gasteiger partial charge in [-0.25, -0.2) is 0 Å². The number of Topliss-reactive ketones (excluding diaryl/α,β-unsaturated/α-hetero) is 1. The first kappa shape index (κ1) is 16.3. The van der Waals surface area contributed by atoms with Gasteiger partial charge in [-0.3, -0.25) is 9.59 Å². The highest BCUT2D eigenvalue weighted by Gasteiger charge is 2.24. The molecule has 1 aromatic rings. The van der Waals surface area contributed by atoms with E-state index in [0.717, 1.165) is 30.9 Å². The summed E-state index contributed by atoms with van der Waals surface area (Å²) in [4.78, 5) is 24.9. The van der Waals surface area contributed by atoms with E-state index in [1.54, 1.807) is 6.07 Å². The van der Waals surface area contributed by atoms with Gasteiger partial charge in [-0.1, -0.05) is 6.92 Å². The summed E-state index contributed by atoms with van der Waals surface area (Å²) in [6.45, 7) is 5.88. The average molecular weight is 305 g/mol. The van der Waals surface area contributed by atoms with E-state index in [4.69, 9.17) is 9.84 Å². The minimum atomic E-state index is -0.866. The molecule has 0 bridgehead atoms. The molecule has 1 unspecified atom stereocenters. The predicted molar refractivity (Wildman–Crippen MR) is 84.9 cm³/mol. The van der Waals surface area contributed by atoms with E-state index in [0.29, 0.717) is 12.0 Å². The summed E-state index contributed by atoms with van der Waals surface area (Å²) in [6.07, 6.45) is 1.79. The summed E-state index contributed by atoms with van der Waals surface area (Å²) >= 11 is 0. The minimum Gasteiger partial charge on any atom is -0.486 e. The summed E-state index contributed by atoms with van der Waals surface area (Å²) in [6, 6.07) is 5.49. The molecule has 120 valence electrons. The zero-order chi connectivity index (χ0) is 16.1. The van der Waals surface area contributed by atoms with Gasteiger partial charge < -0.3 is 14.7 Å². The Balaban J connectivity index is 2.13. The molecular weight excluding hydrogens is 282 g/mol. The van der Waals surface area contributed by atoms with Crippen molar-refractivity contribution in [1.29, 1.82) is 0 Å². The number of carbonyl (C=O) groups excluding carboxylic acids is 1. The largest absolute Gasteiger partial charge is 0.486 e. The van der Waals surface area contributed by atoms with E-state index in [9.17, 15) is 9.59 Å². The molecule has 5 heteroatoms. The maximum atomic E-state index is 12.2. The van der Waals surface area contributed by atoms with Crippen LogP contribution < -0.4 is 9.64 Å². The molecule has 1 N–H and O–H groups in total. The number of aliphatic carboxylic acids is 1. The second kappa shape index (κ2) is 7.29.